The number of halogens is 1. The quantitative estimate of drug-likeness (QED) is 0.228. The minimum Gasteiger partial charge on any atom is -0.379 e. The van der Waals surface area contributed by atoms with Crippen LogP contribution in [0.3, 0.4) is 0 Å². The Morgan fingerprint density at radius 3 is 2.77 bits per heavy atom. The van der Waals surface area contributed by atoms with Gasteiger partial charge >= 0.3 is 0 Å². The maximum atomic E-state index is 10.6. The van der Waals surface area contributed by atoms with Gasteiger partial charge in [-0.25, -0.2) is 4.99 Å². The third-order valence-electron chi connectivity index (χ3n) is 4.49. The lowest BCUT2D eigenvalue weighted by Gasteiger charge is -2.22. The molecule has 0 radical (unpaired) electrons. The first-order chi connectivity index (χ1) is 12.3. The van der Waals surface area contributed by atoms with E-state index >= 15 is 0 Å². The zero-order valence-electron chi connectivity index (χ0n) is 14.8. The highest BCUT2D eigenvalue weighted by atomic mass is 35.5. The van der Waals surface area contributed by atoms with Crippen molar-refractivity contribution in [1.29, 1.82) is 5.41 Å². The second-order valence-electron chi connectivity index (χ2n) is 6.01. The Balaban J connectivity index is 2.46. The fraction of sp³-hybridized carbons (Fsp3) is 0.263. The van der Waals surface area contributed by atoms with Crippen LogP contribution in [0.1, 0.15) is 32.3 Å². The topological polar surface area (TPSA) is 107 Å². The highest BCUT2D eigenvalue weighted by Gasteiger charge is 2.39. The van der Waals surface area contributed by atoms with Crippen molar-refractivity contribution in [3.05, 3.63) is 58.7 Å². The van der Waals surface area contributed by atoms with Crippen molar-refractivity contribution in [2.75, 3.05) is 0 Å². The minimum absolute atomic E-state index is 0.202. The molecule has 4 N–H and O–H groups in total. The summed E-state index contributed by atoms with van der Waals surface area (Å²) in [6.45, 7) is 7.52. The molecule has 0 heterocycles. The van der Waals surface area contributed by atoms with Gasteiger partial charge in [0.1, 0.15) is 11.9 Å². The van der Waals surface area contributed by atoms with E-state index in [0.717, 1.165) is 16.7 Å². The number of rotatable bonds is 5. The number of aliphatic imine (C=N–C) groups is 1. The Labute approximate surface area is 158 Å². The average molecular weight is 372 g/mol. The van der Waals surface area contributed by atoms with Gasteiger partial charge in [0, 0.05) is 16.3 Å². The van der Waals surface area contributed by atoms with Crippen LogP contribution in [0.15, 0.2) is 63.4 Å². The van der Waals surface area contributed by atoms with Gasteiger partial charge in [0.2, 0.25) is 0 Å². The van der Waals surface area contributed by atoms with Crippen LogP contribution in [0, 0.1) is 5.41 Å². The monoisotopic (exact) mass is 371 g/mol. The molecule has 0 saturated heterocycles. The first-order valence-corrected chi connectivity index (χ1v) is 8.48. The van der Waals surface area contributed by atoms with E-state index in [9.17, 15) is 5.11 Å². The summed E-state index contributed by atoms with van der Waals surface area (Å²) in [5.41, 5.74) is 2.76. The Morgan fingerprint density at radius 1 is 1.46 bits per heavy atom. The second kappa shape index (κ2) is 8.21. The van der Waals surface area contributed by atoms with E-state index in [2.05, 4.69) is 21.9 Å². The molecule has 0 amide bonds. The van der Waals surface area contributed by atoms with Crippen LogP contribution in [0.25, 0.3) is 5.57 Å². The summed E-state index contributed by atoms with van der Waals surface area (Å²) >= 11 is 6.16. The molecule has 6 nitrogen and oxygen atoms in total. The first kappa shape index (κ1) is 19.8. The third-order valence-corrected chi connectivity index (χ3v) is 4.72. The van der Waals surface area contributed by atoms with Gasteiger partial charge in [-0.05, 0) is 61.6 Å². The van der Waals surface area contributed by atoms with Crippen molar-refractivity contribution >= 4 is 34.9 Å². The van der Waals surface area contributed by atoms with E-state index in [4.69, 9.17) is 22.9 Å². The first-order valence-electron chi connectivity index (χ1n) is 8.10. The average Bonchev–Trinajstić information content (AvgIpc) is 2.90. The minimum atomic E-state index is -1.26. The van der Waals surface area contributed by atoms with Crippen LogP contribution in [-0.4, -0.2) is 22.8 Å². The molecule has 1 unspecified atom stereocenters. The number of allylic oxidation sites excluding steroid dienone is 3. The Morgan fingerprint density at radius 2 is 2.19 bits per heavy atom. The smallest absolute Gasteiger partial charge is 0.140 e. The molecular formula is C19H22ClN5O. The number of hydrogen-bond acceptors (Lipinski definition) is 4. The van der Waals surface area contributed by atoms with Gasteiger partial charge in [0.05, 0.1) is 5.69 Å². The molecule has 0 aromatic heterocycles. The van der Waals surface area contributed by atoms with Crippen molar-refractivity contribution in [3.63, 3.8) is 0 Å². The zero-order chi connectivity index (χ0) is 19.3. The zero-order valence-corrected chi connectivity index (χ0v) is 15.6. The van der Waals surface area contributed by atoms with E-state index in [1.54, 1.807) is 19.1 Å². The van der Waals surface area contributed by atoms with Crippen LogP contribution in [0.2, 0.25) is 5.02 Å². The summed E-state index contributed by atoms with van der Waals surface area (Å²) in [4.78, 5) is 4.26. The van der Waals surface area contributed by atoms with Gasteiger partial charge in [-0.3, -0.25) is 0 Å². The lowest BCUT2D eigenvalue weighted by Crippen LogP contribution is -2.34. The largest absolute Gasteiger partial charge is 0.379 e. The molecule has 1 atom stereocenters. The third kappa shape index (κ3) is 3.98. The standard InChI is InChI=1S/C19H22ClN5O/c1-4-14(9-15-7-8-19(26,12(15)2)13(3)21)17-10-16(20)5-6-18(17)23-11-24-25-22/h4-6,9-11,21,26H,2,7-8H2,1,3H3,(H2,22,23,24)/b14-4+,15-9-,21-13?. The van der Waals surface area contributed by atoms with Gasteiger partial charge in [0.15, 0.2) is 0 Å². The van der Waals surface area contributed by atoms with Crippen molar-refractivity contribution in [2.24, 2.45) is 21.2 Å². The molecule has 1 fully saturated rings. The molecule has 0 spiro atoms. The number of nitrogens with zero attached hydrogens (tertiary/aromatic N) is 3. The Bertz CT molecular complexity index is 853. The number of benzene rings is 1. The number of hydrogen-bond donors (Lipinski definition) is 3. The molecule has 1 aliphatic rings. The summed E-state index contributed by atoms with van der Waals surface area (Å²) in [7, 11) is 0. The molecular weight excluding hydrogens is 350 g/mol. The van der Waals surface area contributed by atoms with E-state index in [1.807, 2.05) is 25.1 Å². The molecule has 7 heteroatoms. The molecule has 1 aliphatic carbocycles. The van der Waals surface area contributed by atoms with E-state index in [0.29, 0.717) is 29.1 Å². The number of nitrogens with one attached hydrogen (secondary N) is 1. The summed E-state index contributed by atoms with van der Waals surface area (Å²) in [6.07, 6.45) is 6.26. The van der Waals surface area contributed by atoms with E-state index < -0.39 is 5.60 Å². The normalized spacial score (nSPS) is 22.8. The fourth-order valence-electron chi connectivity index (χ4n) is 2.93. The maximum absolute atomic E-state index is 10.6. The Kier molecular flexibility index (Phi) is 6.23. The maximum Gasteiger partial charge on any atom is 0.140 e. The number of aliphatic hydroxyl groups is 1. The predicted molar refractivity (Wildman–Crippen MR) is 107 cm³/mol. The van der Waals surface area contributed by atoms with Crippen molar-refractivity contribution in [1.82, 2.24) is 0 Å². The summed E-state index contributed by atoms with van der Waals surface area (Å²) < 4.78 is 0. The van der Waals surface area contributed by atoms with Gasteiger partial charge in [0.25, 0.3) is 0 Å². The van der Waals surface area contributed by atoms with Gasteiger partial charge in [-0.2, -0.15) is 0 Å². The van der Waals surface area contributed by atoms with Crippen molar-refractivity contribution in [2.45, 2.75) is 32.3 Å². The summed E-state index contributed by atoms with van der Waals surface area (Å²) in [5.74, 6) is 4.99. The SMILES string of the molecule is C=C1/C(=C\C(=C/C)c2cc(Cl)ccc2N=CN=NN)CCC1(O)C(C)=N. The van der Waals surface area contributed by atoms with Gasteiger partial charge in [-0.1, -0.05) is 35.6 Å². The molecule has 1 saturated carbocycles. The Hall–Kier alpha value is -2.57. The van der Waals surface area contributed by atoms with E-state index in [-0.39, 0.29) is 5.71 Å². The second-order valence-corrected chi connectivity index (χ2v) is 6.45. The molecule has 0 bridgehead atoms. The fourth-order valence-corrected chi connectivity index (χ4v) is 3.10. The lowest BCUT2D eigenvalue weighted by molar-refractivity contribution is 0.156. The van der Waals surface area contributed by atoms with Crippen LogP contribution in [0.5, 0.6) is 0 Å². The highest BCUT2D eigenvalue weighted by Crippen LogP contribution is 2.41. The van der Waals surface area contributed by atoms with Crippen LogP contribution >= 0.6 is 11.6 Å². The molecule has 1 aromatic rings. The molecule has 2 rings (SSSR count). The lowest BCUT2D eigenvalue weighted by atomic mass is 9.91. The van der Waals surface area contributed by atoms with E-state index in [1.165, 1.54) is 6.34 Å². The molecule has 0 aliphatic heterocycles. The molecule has 136 valence electrons. The van der Waals surface area contributed by atoms with Crippen LogP contribution < -0.4 is 5.84 Å². The highest BCUT2D eigenvalue weighted by molar-refractivity contribution is 6.30. The van der Waals surface area contributed by atoms with Crippen molar-refractivity contribution < 1.29 is 5.11 Å². The summed E-state index contributed by atoms with van der Waals surface area (Å²) in [6, 6.07) is 5.33. The summed E-state index contributed by atoms with van der Waals surface area (Å²) in [5, 5.41) is 25.8. The molecule has 26 heavy (non-hydrogen) atoms. The van der Waals surface area contributed by atoms with Crippen LogP contribution in [-0.2, 0) is 0 Å². The number of nitrogens with two attached hydrogens (primary N) is 1. The van der Waals surface area contributed by atoms with Gasteiger partial charge in [-0.15, -0.1) is 5.11 Å². The predicted octanol–water partition coefficient (Wildman–Crippen LogP) is 4.78. The van der Waals surface area contributed by atoms with Gasteiger partial charge < -0.3 is 16.4 Å². The van der Waals surface area contributed by atoms with Crippen molar-refractivity contribution in [3.8, 4) is 0 Å². The molecule has 1 aromatic carbocycles. The van der Waals surface area contributed by atoms with Crippen LogP contribution in [0.4, 0.5) is 5.69 Å².